The van der Waals surface area contributed by atoms with E-state index < -0.39 is 0 Å². The molecule has 0 aliphatic heterocycles. The molecule has 2 aromatic rings. The fourth-order valence-corrected chi connectivity index (χ4v) is 3.14. The van der Waals surface area contributed by atoms with Crippen LogP contribution in [0.1, 0.15) is 24.5 Å². The van der Waals surface area contributed by atoms with Crippen molar-refractivity contribution in [2.24, 2.45) is 0 Å². The van der Waals surface area contributed by atoms with E-state index in [9.17, 15) is 4.39 Å². The van der Waals surface area contributed by atoms with Crippen molar-refractivity contribution in [3.8, 4) is 0 Å². The summed E-state index contributed by atoms with van der Waals surface area (Å²) in [5.41, 5.74) is 1.95. The van der Waals surface area contributed by atoms with Gasteiger partial charge in [0.1, 0.15) is 5.82 Å². The van der Waals surface area contributed by atoms with Gasteiger partial charge in [-0.15, -0.1) is 11.6 Å². The number of alkyl halides is 1. The van der Waals surface area contributed by atoms with Gasteiger partial charge < -0.3 is 0 Å². The predicted octanol–water partition coefficient (Wildman–Crippen LogP) is 5.61. The van der Waals surface area contributed by atoms with Crippen LogP contribution in [0.4, 0.5) is 4.39 Å². The Morgan fingerprint density at radius 1 is 1.10 bits per heavy atom. The fourth-order valence-electron chi connectivity index (χ4n) is 2.47. The van der Waals surface area contributed by atoms with E-state index in [1.54, 1.807) is 6.07 Å². The van der Waals surface area contributed by atoms with Crippen LogP contribution in [0.2, 0.25) is 5.02 Å². The highest BCUT2D eigenvalue weighted by Crippen LogP contribution is 2.35. The van der Waals surface area contributed by atoms with Crippen LogP contribution in [0.25, 0.3) is 0 Å². The third-order valence-electron chi connectivity index (χ3n) is 3.86. The second-order valence-corrected chi connectivity index (χ2v) is 5.72. The molecular formula is C17H17Cl2F. The highest BCUT2D eigenvalue weighted by molar-refractivity contribution is 6.31. The highest BCUT2D eigenvalue weighted by atomic mass is 35.5. The molecule has 0 radical (unpaired) electrons. The van der Waals surface area contributed by atoms with Crippen molar-refractivity contribution < 1.29 is 4.39 Å². The van der Waals surface area contributed by atoms with Crippen LogP contribution in [0.15, 0.2) is 48.5 Å². The molecule has 2 aromatic carbocycles. The number of hydrogen-bond acceptors (Lipinski definition) is 0. The van der Waals surface area contributed by atoms with Crippen molar-refractivity contribution in [2.75, 3.05) is 5.88 Å². The minimum Gasteiger partial charge on any atom is -0.207 e. The van der Waals surface area contributed by atoms with Gasteiger partial charge in [-0.3, -0.25) is 0 Å². The zero-order valence-electron chi connectivity index (χ0n) is 11.4. The Kier molecular flexibility index (Phi) is 5.06. The van der Waals surface area contributed by atoms with Crippen molar-refractivity contribution in [3.63, 3.8) is 0 Å². The second-order valence-electron chi connectivity index (χ2n) is 5.05. The van der Waals surface area contributed by atoms with Gasteiger partial charge in [0.05, 0.1) is 0 Å². The highest BCUT2D eigenvalue weighted by Gasteiger charge is 2.30. The summed E-state index contributed by atoms with van der Waals surface area (Å²) in [7, 11) is 0. The van der Waals surface area contributed by atoms with Gasteiger partial charge >= 0.3 is 0 Å². The Balaban J connectivity index is 2.39. The van der Waals surface area contributed by atoms with Crippen molar-refractivity contribution in [3.05, 3.63) is 70.5 Å². The molecule has 0 saturated carbocycles. The molecule has 20 heavy (non-hydrogen) atoms. The van der Waals surface area contributed by atoms with E-state index in [2.05, 4.69) is 19.1 Å². The van der Waals surface area contributed by atoms with Crippen LogP contribution in [-0.2, 0) is 11.8 Å². The Morgan fingerprint density at radius 2 is 1.80 bits per heavy atom. The first kappa shape index (κ1) is 15.3. The van der Waals surface area contributed by atoms with Gasteiger partial charge in [-0.05, 0) is 36.1 Å². The van der Waals surface area contributed by atoms with Gasteiger partial charge in [0.15, 0.2) is 0 Å². The molecule has 0 fully saturated rings. The minimum absolute atomic E-state index is 0.176. The summed E-state index contributed by atoms with van der Waals surface area (Å²) >= 11 is 12.4. The maximum Gasteiger partial charge on any atom is 0.124 e. The van der Waals surface area contributed by atoms with Crippen LogP contribution < -0.4 is 0 Å². The minimum atomic E-state index is -0.313. The van der Waals surface area contributed by atoms with Crippen molar-refractivity contribution in [1.29, 1.82) is 0 Å². The molecule has 0 bridgehead atoms. The Bertz CT molecular complexity index is 562. The molecule has 0 aromatic heterocycles. The number of rotatable bonds is 5. The normalized spacial score (nSPS) is 14.0. The third-order valence-corrected chi connectivity index (χ3v) is 4.73. The molecule has 0 aliphatic carbocycles. The molecule has 0 amide bonds. The molecule has 0 nitrogen and oxygen atoms in total. The van der Waals surface area contributed by atoms with E-state index in [1.807, 2.05) is 18.2 Å². The Labute approximate surface area is 129 Å². The van der Waals surface area contributed by atoms with Gasteiger partial charge in [-0.25, -0.2) is 4.39 Å². The molecule has 3 heteroatoms. The Morgan fingerprint density at radius 3 is 2.35 bits per heavy atom. The molecule has 1 unspecified atom stereocenters. The van der Waals surface area contributed by atoms with Gasteiger partial charge in [0.25, 0.3) is 0 Å². The van der Waals surface area contributed by atoms with Crippen LogP contribution >= 0.6 is 23.2 Å². The summed E-state index contributed by atoms with van der Waals surface area (Å²) < 4.78 is 13.2. The maximum absolute atomic E-state index is 13.2. The average Bonchev–Trinajstić information content (AvgIpc) is 2.48. The summed E-state index contributed by atoms with van der Waals surface area (Å²) in [4.78, 5) is 0. The largest absolute Gasteiger partial charge is 0.207 e. The third kappa shape index (κ3) is 3.16. The monoisotopic (exact) mass is 310 g/mol. The molecule has 1 atom stereocenters. The zero-order valence-corrected chi connectivity index (χ0v) is 12.9. The molecule has 0 heterocycles. The number of hydrogen-bond donors (Lipinski definition) is 0. The smallest absolute Gasteiger partial charge is 0.124 e. The molecule has 106 valence electrons. The van der Waals surface area contributed by atoms with Gasteiger partial charge in [0, 0.05) is 16.3 Å². The average molecular weight is 311 g/mol. The predicted molar refractivity (Wildman–Crippen MR) is 84.2 cm³/mol. The van der Waals surface area contributed by atoms with Crippen molar-refractivity contribution >= 4 is 23.2 Å². The lowest BCUT2D eigenvalue weighted by molar-refractivity contribution is 0.458. The topological polar surface area (TPSA) is 0 Å². The fraction of sp³-hybridized carbons (Fsp3) is 0.294. The molecule has 0 aliphatic rings. The quantitative estimate of drug-likeness (QED) is 0.630. The van der Waals surface area contributed by atoms with E-state index in [0.29, 0.717) is 17.3 Å². The zero-order chi connectivity index (χ0) is 14.6. The van der Waals surface area contributed by atoms with Crippen molar-refractivity contribution in [2.45, 2.75) is 25.2 Å². The first-order chi connectivity index (χ1) is 9.61. The second kappa shape index (κ2) is 6.60. The Hall–Kier alpha value is -1.05. The molecular weight excluding hydrogens is 294 g/mol. The summed E-state index contributed by atoms with van der Waals surface area (Å²) in [5, 5.41) is 0.462. The standard InChI is InChI=1S/C17H17Cl2F/c1-2-17(12-18,14-6-4-3-5-7-14)11-13-8-9-15(20)10-16(13)19/h3-10H,2,11-12H2,1H3. The lowest BCUT2D eigenvalue weighted by Gasteiger charge is -2.32. The lowest BCUT2D eigenvalue weighted by atomic mass is 9.75. The SMILES string of the molecule is CCC(CCl)(Cc1ccc(F)cc1Cl)c1ccccc1. The van der Waals surface area contributed by atoms with Crippen molar-refractivity contribution in [1.82, 2.24) is 0 Å². The first-order valence-corrected chi connectivity index (χ1v) is 7.58. The lowest BCUT2D eigenvalue weighted by Crippen LogP contribution is -2.30. The summed E-state index contributed by atoms with van der Waals surface area (Å²) in [6, 6.07) is 14.7. The van der Waals surface area contributed by atoms with E-state index in [0.717, 1.165) is 12.0 Å². The number of benzene rings is 2. The summed E-state index contributed by atoms with van der Waals surface area (Å²) in [6.07, 6.45) is 1.60. The van der Waals surface area contributed by atoms with E-state index in [1.165, 1.54) is 17.7 Å². The van der Waals surface area contributed by atoms with Crippen LogP contribution in [0.5, 0.6) is 0 Å². The van der Waals surface area contributed by atoms with Crippen LogP contribution in [0.3, 0.4) is 0 Å². The molecule has 0 spiro atoms. The van der Waals surface area contributed by atoms with Crippen LogP contribution in [-0.4, -0.2) is 5.88 Å². The van der Waals surface area contributed by atoms with E-state index in [-0.39, 0.29) is 11.2 Å². The molecule has 0 saturated heterocycles. The van der Waals surface area contributed by atoms with Gasteiger partial charge in [-0.1, -0.05) is 54.9 Å². The van der Waals surface area contributed by atoms with E-state index >= 15 is 0 Å². The summed E-state index contributed by atoms with van der Waals surface area (Å²) in [6.45, 7) is 2.12. The first-order valence-electron chi connectivity index (χ1n) is 6.67. The number of halogens is 3. The summed E-state index contributed by atoms with van der Waals surface area (Å²) in [5.74, 6) is 0.188. The van der Waals surface area contributed by atoms with E-state index in [4.69, 9.17) is 23.2 Å². The van der Waals surface area contributed by atoms with Gasteiger partial charge in [-0.2, -0.15) is 0 Å². The van der Waals surface area contributed by atoms with Gasteiger partial charge in [0.2, 0.25) is 0 Å². The maximum atomic E-state index is 13.2. The van der Waals surface area contributed by atoms with Crippen LogP contribution in [0, 0.1) is 5.82 Å². The molecule has 0 N–H and O–H groups in total. The molecule has 2 rings (SSSR count).